The number of aromatic nitrogens is 4. The molecular weight excluding hydrogens is 446 g/mol. The summed E-state index contributed by atoms with van der Waals surface area (Å²) in [4.78, 5) is 14.1. The van der Waals surface area contributed by atoms with E-state index >= 15 is 0 Å². The van der Waals surface area contributed by atoms with E-state index in [0.717, 1.165) is 54.2 Å². The summed E-state index contributed by atoms with van der Waals surface area (Å²) < 4.78 is 7.97. The maximum absolute atomic E-state index is 6.11. The van der Waals surface area contributed by atoms with Crippen LogP contribution < -0.4 is 10.1 Å². The number of rotatable bonds is 2. The smallest absolute Gasteiger partial charge is 0.227 e. The topological polar surface area (TPSA) is 64.9 Å². The van der Waals surface area contributed by atoms with Crippen molar-refractivity contribution in [2.24, 2.45) is 0 Å². The van der Waals surface area contributed by atoms with Crippen LogP contribution in [-0.4, -0.2) is 26.1 Å². The molecule has 4 bridgehead atoms. The summed E-state index contributed by atoms with van der Waals surface area (Å²) in [5.41, 5.74) is 6.65. The number of allylic oxidation sites excluding steroid dienone is 1. The highest BCUT2D eigenvalue weighted by molar-refractivity contribution is 6.29. The van der Waals surface area contributed by atoms with Crippen LogP contribution in [0.4, 0.5) is 11.6 Å². The van der Waals surface area contributed by atoms with Crippen LogP contribution in [0.3, 0.4) is 0 Å². The number of benzene rings is 2. The van der Waals surface area contributed by atoms with Gasteiger partial charge in [0.25, 0.3) is 0 Å². The van der Waals surface area contributed by atoms with E-state index in [-0.39, 0.29) is 0 Å². The lowest BCUT2D eigenvalue weighted by molar-refractivity contribution is 0.361. The monoisotopic (exact) mass is 469 g/mol. The van der Waals surface area contributed by atoms with Gasteiger partial charge in [0.15, 0.2) is 0 Å². The van der Waals surface area contributed by atoms with Gasteiger partial charge in [-0.15, -0.1) is 0 Å². The van der Waals surface area contributed by atoms with Crippen LogP contribution >= 0.6 is 11.6 Å². The Labute approximate surface area is 203 Å². The molecule has 1 atom stereocenters. The first-order chi connectivity index (χ1) is 16.7. The van der Waals surface area contributed by atoms with Crippen LogP contribution in [-0.2, 0) is 12.8 Å². The highest BCUT2D eigenvalue weighted by atomic mass is 35.5. The van der Waals surface area contributed by atoms with Crippen LogP contribution in [0.25, 0.3) is 5.69 Å². The van der Waals surface area contributed by atoms with Crippen molar-refractivity contribution in [3.8, 4) is 11.4 Å². The SMILES string of the molecule is Clc1cn(-c2ccc3cc2OCC=CCCc2nc(nc4c2CCC4c2ccccc2)N3)cn1. The molecule has 1 aliphatic heterocycles. The summed E-state index contributed by atoms with van der Waals surface area (Å²) in [5.74, 6) is 1.66. The summed E-state index contributed by atoms with van der Waals surface area (Å²) in [7, 11) is 0. The zero-order chi connectivity index (χ0) is 22.9. The lowest BCUT2D eigenvalue weighted by Crippen LogP contribution is -2.08. The lowest BCUT2D eigenvalue weighted by Gasteiger charge is -2.16. The number of ether oxygens (including phenoxy) is 1. The first kappa shape index (κ1) is 20.9. The van der Waals surface area contributed by atoms with Gasteiger partial charge in [-0.25, -0.2) is 15.0 Å². The van der Waals surface area contributed by atoms with E-state index in [2.05, 4.69) is 52.8 Å². The molecule has 170 valence electrons. The number of aryl methyl sites for hydroxylation is 1. The summed E-state index contributed by atoms with van der Waals surface area (Å²) in [6.45, 7) is 0.482. The van der Waals surface area contributed by atoms with Gasteiger partial charge >= 0.3 is 0 Å². The van der Waals surface area contributed by atoms with E-state index in [1.807, 2.05) is 22.8 Å². The van der Waals surface area contributed by atoms with Crippen molar-refractivity contribution in [2.75, 3.05) is 11.9 Å². The maximum Gasteiger partial charge on any atom is 0.227 e. The Hall–Kier alpha value is -3.64. The van der Waals surface area contributed by atoms with Crippen molar-refractivity contribution in [1.29, 1.82) is 0 Å². The Balaban J connectivity index is 1.41. The second kappa shape index (κ2) is 8.95. The van der Waals surface area contributed by atoms with Gasteiger partial charge in [0.2, 0.25) is 5.95 Å². The number of hydrogen-bond acceptors (Lipinski definition) is 5. The molecule has 1 aliphatic carbocycles. The zero-order valence-corrected chi connectivity index (χ0v) is 19.4. The van der Waals surface area contributed by atoms with Crippen molar-refractivity contribution in [2.45, 2.75) is 31.6 Å². The van der Waals surface area contributed by atoms with Gasteiger partial charge in [-0.3, -0.25) is 0 Å². The molecule has 34 heavy (non-hydrogen) atoms. The fraction of sp³-hybridized carbons (Fsp3) is 0.222. The van der Waals surface area contributed by atoms with Gasteiger partial charge in [0.1, 0.15) is 23.8 Å². The van der Waals surface area contributed by atoms with Gasteiger partial charge in [0, 0.05) is 29.6 Å². The molecule has 0 saturated carbocycles. The molecule has 0 radical (unpaired) electrons. The van der Waals surface area contributed by atoms with Crippen LogP contribution in [0.5, 0.6) is 5.75 Å². The number of fused-ring (bicyclic) bond motifs is 6. The molecular formula is C27H24ClN5O. The number of hydrogen-bond donors (Lipinski definition) is 1. The third-order valence-electron chi connectivity index (χ3n) is 6.43. The van der Waals surface area contributed by atoms with Crippen molar-refractivity contribution in [3.63, 3.8) is 0 Å². The molecule has 3 heterocycles. The van der Waals surface area contributed by atoms with E-state index in [1.165, 1.54) is 11.1 Å². The average molecular weight is 470 g/mol. The predicted octanol–water partition coefficient (Wildman–Crippen LogP) is 6.02. The zero-order valence-electron chi connectivity index (χ0n) is 18.6. The lowest BCUT2D eigenvalue weighted by atomic mass is 9.96. The van der Waals surface area contributed by atoms with Gasteiger partial charge in [-0.1, -0.05) is 54.1 Å². The van der Waals surface area contributed by atoms with Crippen molar-refractivity contribution < 1.29 is 4.74 Å². The Kier molecular flexibility index (Phi) is 5.51. The molecule has 0 spiro atoms. The number of anilines is 2. The molecule has 6 rings (SSSR count). The van der Waals surface area contributed by atoms with E-state index in [4.69, 9.17) is 26.3 Å². The molecule has 0 saturated heterocycles. The molecule has 7 heteroatoms. The molecule has 2 aliphatic rings. The first-order valence-corrected chi connectivity index (χ1v) is 12.0. The minimum absolute atomic E-state index is 0.303. The second-order valence-corrected chi connectivity index (χ2v) is 8.98. The first-order valence-electron chi connectivity index (χ1n) is 11.6. The minimum Gasteiger partial charge on any atom is -0.487 e. The van der Waals surface area contributed by atoms with E-state index < -0.39 is 0 Å². The molecule has 4 aromatic rings. The Morgan fingerprint density at radius 1 is 1.03 bits per heavy atom. The number of nitrogens with one attached hydrogen (secondary N) is 1. The van der Waals surface area contributed by atoms with Crippen molar-refractivity contribution >= 4 is 23.2 Å². The number of halogens is 1. The third kappa shape index (κ3) is 4.05. The van der Waals surface area contributed by atoms with Crippen LogP contribution in [0.1, 0.15) is 41.3 Å². The highest BCUT2D eigenvalue weighted by Gasteiger charge is 2.29. The second-order valence-electron chi connectivity index (χ2n) is 8.59. The Bertz CT molecular complexity index is 1360. The van der Waals surface area contributed by atoms with Crippen LogP contribution in [0.2, 0.25) is 5.15 Å². The van der Waals surface area contributed by atoms with E-state index in [1.54, 1.807) is 12.5 Å². The molecule has 0 amide bonds. The molecule has 2 aromatic heterocycles. The van der Waals surface area contributed by atoms with E-state index in [9.17, 15) is 0 Å². The quantitative estimate of drug-likeness (QED) is 0.364. The fourth-order valence-electron chi connectivity index (χ4n) is 4.83. The van der Waals surface area contributed by atoms with E-state index in [0.29, 0.717) is 23.6 Å². The van der Waals surface area contributed by atoms with Gasteiger partial charge in [-0.05, 0) is 48.9 Å². The highest BCUT2D eigenvalue weighted by Crippen LogP contribution is 2.39. The fourth-order valence-corrected chi connectivity index (χ4v) is 4.98. The van der Waals surface area contributed by atoms with Gasteiger partial charge in [-0.2, -0.15) is 0 Å². The maximum atomic E-state index is 6.11. The third-order valence-corrected chi connectivity index (χ3v) is 6.63. The standard InChI is InChI=1S/C27H24ClN5O/c28-25-16-33(17-29-25)23-13-10-19-15-24(23)34-14-6-2-5-9-22-21-12-11-20(18-7-3-1-4-8-18)26(21)32-27(30-19)31-22/h1-4,6-8,10,13,15-17,20H,5,9,11-12,14H2,(H,30,31,32). The molecule has 2 aromatic carbocycles. The molecule has 0 fully saturated rings. The number of nitrogens with zero attached hydrogens (tertiary/aromatic N) is 4. The van der Waals surface area contributed by atoms with Crippen LogP contribution in [0, 0.1) is 0 Å². The van der Waals surface area contributed by atoms with Crippen molar-refractivity contribution in [3.05, 3.63) is 101 Å². The normalized spacial score (nSPS) is 17.0. The summed E-state index contributed by atoms with van der Waals surface area (Å²) in [5, 5.41) is 3.87. The van der Waals surface area contributed by atoms with Gasteiger partial charge < -0.3 is 14.6 Å². The van der Waals surface area contributed by atoms with Gasteiger partial charge in [0.05, 0.1) is 11.4 Å². The van der Waals surface area contributed by atoms with Crippen LogP contribution in [0.15, 0.2) is 73.2 Å². The Morgan fingerprint density at radius 3 is 2.79 bits per heavy atom. The number of imidazole rings is 1. The van der Waals surface area contributed by atoms with Crippen molar-refractivity contribution in [1.82, 2.24) is 19.5 Å². The summed E-state index contributed by atoms with van der Waals surface area (Å²) in [6, 6.07) is 16.6. The molecule has 1 unspecified atom stereocenters. The Morgan fingerprint density at radius 2 is 1.94 bits per heavy atom. The largest absolute Gasteiger partial charge is 0.487 e. The molecule has 6 nitrogen and oxygen atoms in total. The summed E-state index contributed by atoms with van der Waals surface area (Å²) >= 11 is 6.04. The molecule has 1 N–H and O–H groups in total. The minimum atomic E-state index is 0.303. The predicted molar refractivity (Wildman–Crippen MR) is 133 cm³/mol. The summed E-state index contributed by atoms with van der Waals surface area (Å²) in [6.07, 6.45) is 11.6. The average Bonchev–Trinajstić information content (AvgIpc) is 3.48.